The van der Waals surface area contributed by atoms with Gasteiger partial charge in [0.1, 0.15) is 12.2 Å². The Kier molecular flexibility index (Phi) is 3.65. The van der Waals surface area contributed by atoms with Crippen LogP contribution >= 0.6 is 0 Å². The standard InChI is InChI=1S/C21H26N2O4/c1-19(2,3)27-18(25)23-16-9-7-6-8-15(16)20(4)12-14(21(20,23)5)13-22-10-11-26-17(22)24/h6-9,13H,10-12H2,1-5H3/b14-13-/t20-,21-/m0/s1. The van der Waals surface area contributed by atoms with Gasteiger partial charge in [0.15, 0.2) is 0 Å². The first kappa shape index (κ1) is 17.9. The zero-order valence-electron chi connectivity index (χ0n) is 16.5. The Bertz CT molecular complexity index is 856. The van der Waals surface area contributed by atoms with E-state index in [0.29, 0.717) is 13.2 Å². The van der Waals surface area contributed by atoms with Crippen molar-refractivity contribution in [3.05, 3.63) is 41.6 Å². The molecule has 1 aliphatic carbocycles. The molecule has 1 aromatic carbocycles. The third-order valence-corrected chi connectivity index (χ3v) is 6.11. The fraction of sp³-hybridized carbons (Fsp3) is 0.524. The van der Waals surface area contributed by atoms with Gasteiger partial charge >= 0.3 is 12.2 Å². The molecule has 0 unspecified atom stereocenters. The predicted octanol–water partition coefficient (Wildman–Crippen LogP) is 4.20. The van der Waals surface area contributed by atoms with Crippen LogP contribution in [0.5, 0.6) is 0 Å². The number of anilines is 1. The number of carbonyl (C=O) groups is 2. The zero-order valence-corrected chi connectivity index (χ0v) is 16.5. The number of nitrogens with zero attached hydrogens (tertiary/aromatic N) is 2. The third kappa shape index (κ3) is 2.38. The molecule has 2 fully saturated rings. The molecule has 1 aromatic rings. The van der Waals surface area contributed by atoms with E-state index in [1.165, 1.54) is 0 Å². The number of amides is 2. The molecular weight excluding hydrogens is 344 g/mol. The number of carbonyl (C=O) groups excluding carboxylic acids is 2. The molecular formula is C21H26N2O4. The Balaban J connectivity index is 1.79. The molecule has 3 aliphatic rings. The van der Waals surface area contributed by atoms with Crippen molar-refractivity contribution in [2.45, 2.75) is 57.6 Å². The normalized spacial score (nSPS) is 30.7. The van der Waals surface area contributed by atoms with Crippen molar-refractivity contribution in [2.75, 3.05) is 18.1 Å². The lowest BCUT2D eigenvalue weighted by atomic mass is 9.52. The molecule has 6 nitrogen and oxygen atoms in total. The van der Waals surface area contributed by atoms with E-state index < -0.39 is 11.1 Å². The van der Waals surface area contributed by atoms with Gasteiger partial charge in [0.2, 0.25) is 0 Å². The lowest BCUT2D eigenvalue weighted by molar-refractivity contribution is 0.0504. The van der Waals surface area contributed by atoms with Crippen molar-refractivity contribution in [3.8, 4) is 0 Å². The van der Waals surface area contributed by atoms with E-state index in [4.69, 9.17) is 9.47 Å². The van der Waals surface area contributed by atoms with Gasteiger partial charge in [0.05, 0.1) is 17.8 Å². The number of hydrogen-bond donors (Lipinski definition) is 0. The van der Waals surface area contributed by atoms with Crippen LogP contribution in [0.15, 0.2) is 36.0 Å². The zero-order chi connectivity index (χ0) is 19.6. The molecule has 0 radical (unpaired) electrons. The van der Waals surface area contributed by atoms with Crippen molar-refractivity contribution in [3.63, 3.8) is 0 Å². The lowest BCUT2D eigenvalue weighted by Crippen LogP contribution is -2.66. The Labute approximate surface area is 159 Å². The highest BCUT2D eigenvalue weighted by atomic mass is 16.6. The van der Waals surface area contributed by atoms with E-state index in [1.807, 2.05) is 45.2 Å². The number of hydrogen-bond acceptors (Lipinski definition) is 4. The minimum absolute atomic E-state index is 0.226. The summed E-state index contributed by atoms with van der Waals surface area (Å²) >= 11 is 0. The second kappa shape index (κ2) is 5.50. The van der Waals surface area contributed by atoms with Gasteiger partial charge in [-0.2, -0.15) is 0 Å². The van der Waals surface area contributed by atoms with E-state index in [2.05, 4.69) is 19.9 Å². The van der Waals surface area contributed by atoms with E-state index in [-0.39, 0.29) is 17.6 Å². The molecule has 2 amide bonds. The molecule has 1 saturated heterocycles. The molecule has 0 bridgehead atoms. The summed E-state index contributed by atoms with van der Waals surface area (Å²) in [6.07, 6.45) is 1.94. The van der Waals surface area contributed by atoms with Gasteiger partial charge in [-0.1, -0.05) is 25.1 Å². The van der Waals surface area contributed by atoms with E-state index in [1.54, 1.807) is 9.80 Å². The van der Waals surface area contributed by atoms with E-state index in [9.17, 15) is 9.59 Å². The van der Waals surface area contributed by atoms with Gasteiger partial charge in [-0.3, -0.25) is 9.80 Å². The van der Waals surface area contributed by atoms with Crippen molar-refractivity contribution < 1.29 is 19.1 Å². The molecule has 2 atom stereocenters. The summed E-state index contributed by atoms with van der Waals surface area (Å²) in [4.78, 5) is 28.4. The second-order valence-corrected chi connectivity index (χ2v) is 8.88. The van der Waals surface area contributed by atoms with Crippen LogP contribution < -0.4 is 4.90 Å². The molecule has 2 aliphatic heterocycles. The van der Waals surface area contributed by atoms with Crippen LogP contribution in [0.4, 0.5) is 15.3 Å². The van der Waals surface area contributed by atoms with Crippen LogP contribution in [0.1, 0.15) is 46.6 Å². The quantitative estimate of drug-likeness (QED) is 0.743. The fourth-order valence-corrected chi connectivity index (χ4v) is 4.57. The highest BCUT2D eigenvalue weighted by molar-refractivity contribution is 5.96. The fourth-order valence-electron chi connectivity index (χ4n) is 4.57. The third-order valence-electron chi connectivity index (χ3n) is 6.11. The Morgan fingerprint density at radius 1 is 1.26 bits per heavy atom. The van der Waals surface area contributed by atoms with Gasteiger partial charge in [0, 0.05) is 11.6 Å². The predicted molar refractivity (Wildman–Crippen MR) is 102 cm³/mol. The molecule has 144 valence electrons. The van der Waals surface area contributed by atoms with E-state index >= 15 is 0 Å². The largest absolute Gasteiger partial charge is 0.447 e. The summed E-state index contributed by atoms with van der Waals surface area (Å²) < 4.78 is 10.8. The molecule has 0 N–H and O–H groups in total. The number of cyclic esters (lactones) is 1. The maximum absolute atomic E-state index is 13.2. The molecule has 4 rings (SSSR count). The van der Waals surface area contributed by atoms with Crippen molar-refractivity contribution >= 4 is 17.9 Å². The Morgan fingerprint density at radius 3 is 2.59 bits per heavy atom. The summed E-state index contributed by atoms with van der Waals surface area (Å²) in [5.41, 5.74) is 1.65. The topological polar surface area (TPSA) is 59.1 Å². The van der Waals surface area contributed by atoms with Crippen LogP contribution in [0, 0.1) is 0 Å². The summed E-state index contributed by atoms with van der Waals surface area (Å²) in [6.45, 7) is 10.8. The number of benzene rings is 1. The maximum atomic E-state index is 13.2. The Hall–Kier alpha value is -2.50. The number of rotatable bonds is 1. The van der Waals surface area contributed by atoms with E-state index in [0.717, 1.165) is 23.2 Å². The highest BCUT2D eigenvalue weighted by Crippen LogP contribution is 2.65. The van der Waals surface area contributed by atoms with Crippen LogP contribution in [-0.4, -0.2) is 41.4 Å². The van der Waals surface area contributed by atoms with Gasteiger partial charge in [-0.15, -0.1) is 0 Å². The average molecular weight is 370 g/mol. The number of ether oxygens (including phenoxy) is 2. The van der Waals surface area contributed by atoms with Crippen LogP contribution in [0.2, 0.25) is 0 Å². The lowest BCUT2D eigenvalue weighted by Gasteiger charge is -2.57. The van der Waals surface area contributed by atoms with Gasteiger partial charge in [-0.05, 0) is 51.3 Å². The minimum Gasteiger partial charge on any atom is -0.447 e. The second-order valence-electron chi connectivity index (χ2n) is 8.88. The monoisotopic (exact) mass is 370 g/mol. The molecule has 1 saturated carbocycles. The highest BCUT2D eigenvalue weighted by Gasteiger charge is 2.68. The molecule has 0 spiro atoms. The first-order valence-electron chi connectivity index (χ1n) is 9.35. The molecule has 2 heterocycles. The number of para-hydroxylation sites is 1. The van der Waals surface area contributed by atoms with Crippen molar-refractivity contribution in [1.29, 1.82) is 0 Å². The molecule has 6 heteroatoms. The molecule has 0 aromatic heterocycles. The number of fused-ring (bicyclic) bond motifs is 3. The SMILES string of the molecule is CC(C)(C)OC(=O)N1c2ccccc2[C@]2(C)C/C(=C/N3CCOC3=O)[C@]12C. The first-order valence-corrected chi connectivity index (χ1v) is 9.35. The van der Waals surface area contributed by atoms with Crippen molar-refractivity contribution in [2.24, 2.45) is 0 Å². The average Bonchev–Trinajstić information content (AvgIpc) is 3.03. The first-order chi connectivity index (χ1) is 12.6. The van der Waals surface area contributed by atoms with Crippen LogP contribution in [-0.2, 0) is 14.9 Å². The van der Waals surface area contributed by atoms with Gasteiger partial charge in [0.25, 0.3) is 0 Å². The van der Waals surface area contributed by atoms with Gasteiger partial charge < -0.3 is 9.47 Å². The smallest absolute Gasteiger partial charge is 0.415 e. The minimum atomic E-state index is -0.590. The van der Waals surface area contributed by atoms with Crippen molar-refractivity contribution in [1.82, 2.24) is 4.90 Å². The maximum Gasteiger partial charge on any atom is 0.415 e. The van der Waals surface area contributed by atoms with Gasteiger partial charge in [-0.25, -0.2) is 9.59 Å². The summed E-state index contributed by atoms with van der Waals surface area (Å²) in [5, 5.41) is 0. The van der Waals surface area contributed by atoms with Crippen LogP contribution in [0.25, 0.3) is 0 Å². The molecule has 27 heavy (non-hydrogen) atoms. The summed E-state index contributed by atoms with van der Waals surface area (Å²) in [7, 11) is 0. The summed E-state index contributed by atoms with van der Waals surface area (Å²) in [6, 6.07) is 7.99. The summed E-state index contributed by atoms with van der Waals surface area (Å²) in [5.74, 6) is 0. The van der Waals surface area contributed by atoms with Crippen LogP contribution in [0.3, 0.4) is 0 Å². The Morgan fingerprint density at radius 2 is 1.96 bits per heavy atom.